The lowest BCUT2D eigenvalue weighted by Gasteiger charge is -2.08. The molecule has 0 spiro atoms. The number of hydrogen-bond acceptors (Lipinski definition) is 3. The molecular weight excluding hydrogens is 361 g/mol. The molecule has 3 rings (SSSR count). The first kappa shape index (κ1) is 17.6. The highest BCUT2D eigenvalue weighted by Gasteiger charge is 2.07. The highest BCUT2D eigenvalue weighted by atomic mass is 35.5. The third kappa shape index (κ3) is 4.87. The van der Waals surface area contributed by atoms with E-state index in [0.717, 1.165) is 29.7 Å². The van der Waals surface area contributed by atoms with Crippen molar-refractivity contribution in [3.05, 3.63) is 58.3 Å². The van der Waals surface area contributed by atoms with Crippen molar-refractivity contribution in [3.63, 3.8) is 0 Å². The van der Waals surface area contributed by atoms with E-state index in [1.165, 1.54) is 0 Å². The lowest BCUT2D eigenvalue weighted by atomic mass is 10.3. The highest BCUT2D eigenvalue weighted by molar-refractivity contribution is 6.35. The van der Waals surface area contributed by atoms with Crippen molar-refractivity contribution in [2.75, 3.05) is 13.2 Å². The van der Waals surface area contributed by atoms with Crippen molar-refractivity contribution in [2.24, 2.45) is 0 Å². The van der Waals surface area contributed by atoms with Gasteiger partial charge in [0.15, 0.2) is 6.61 Å². The average molecular weight is 378 g/mol. The maximum Gasteiger partial charge on any atom is 0.257 e. The normalized spacial score (nSPS) is 10.8. The molecule has 7 heteroatoms. The second-order valence-corrected chi connectivity index (χ2v) is 6.36. The van der Waals surface area contributed by atoms with Crippen LogP contribution in [-0.2, 0) is 11.2 Å². The number of rotatable bonds is 7. The Balaban J connectivity index is 1.39. The van der Waals surface area contributed by atoms with Gasteiger partial charge in [0.25, 0.3) is 5.91 Å². The predicted octanol–water partition coefficient (Wildman–Crippen LogP) is 4.00. The van der Waals surface area contributed by atoms with Crippen LogP contribution in [0.4, 0.5) is 0 Å². The summed E-state index contributed by atoms with van der Waals surface area (Å²) in [6.45, 7) is 0.458. The minimum absolute atomic E-state index is 0.0913. The number of para-hydroxylation sites is 2. The van der Waals surface area contributed by atoms with Crippen LogP contribution in [0, 0.1) is 0 Å². The lowest BCUT2D eigenvalue weighted by Crippen LogP contribution is -2.30. The molecule has 0 unspecified atom stereocenters. The molecule has 0 aliphatic rings. The third-order valence-electron chi connectivity index (χ3n) is 3.60. The van der Waals surface area contributed by atoms with Gasteiger partial charge in [-0.3, -0.25) is 4.79 Å². The van der Waals surface area contributed by atoms with Gasteiger partial charge in [-0.25, -0.2) is 4.98 Å². The van der Waals surface area contributed by atoms with Crippen molar-refractivity contribution in [3.8, 4) is 5.75 Å². The number of fused-ring (bicyclic) bond motifs is 1. The first-order chi connectivity index (χ1) is 12.1. The van der Waals surface area contributed by atoms with Crippen LogP contribution in [-0.4, -0.2) is 29.0 Å². The summed E-state index contributed by atoms with van der Waals surface area (Å²) in [7, 11) is 0. The summed E-state index contributed by atoms with van der Waals surface area (Å²) in [4.78, 5) is 19.6. The van der Waals surface area contributed by atoms with E-state index in [0.29, 0.717) is 22.3 Å². The summed E-state index contributed by atoms with van der Waals surface area (Å²) < 4.78 is 5.39. The van der Waals surface area contributed by atoms with Crippen LogP contribution < -0.4 is 10.1 Å². The molecule has 5 nitrogen and oxygen atoms in total. The predicted molar refractivity (Wildman–Crippen MR) is 99.4 cm³/mol. The van der Waals surface area contributed by atoms with Crippen molar-refractivity contribution < 1.29 is 9.53 Å². The standard InChI is InChI=1S/C18H17Cl2N3O2/c19-12-7-8-16(13(20)10-12)25-11-18(24)21-9-3-6-17-22-14-4-1-2-5-15(14)23-17/h1-2,4-5,7-8,10H,3,6,9,11H2,(H,21,24)(H,22,23). The molecule has 3 aromatic rings. The third-order valence-corrected chi connectivity index (χ3v) is 4.13. The molecule has 1 amide bonds. The fraction of sp³-hybridized carbons (Fsp3) is 0.222. The van der Waals surface area contributed by atoms with Gasteiger partial charge in [0.2, 0.25) is 0 Å². The molecule has 0 radical (unpaired) electrons. The van der Waals surface area contributed by atoms with Gasteiger partial charge in [-0.05, 0) is 36.8 Å². The summed E-state index contributed by atoms with van der Waals surface area (Å²) >= 11 is 11.8. The number of H-pyrrole nitrogens is 1. The molecule has 130 valence electrons. The van der Waals surface area contributed by atoms with Crippen LogP contribution in [0.3, 0.4) is 0 Å². The van der Waals surface area contributed by atoms with Crippen LogP contribution in [0.15, 0.2) is 42.5 Å². The number of halogens is 2. The maximum atomic E-state index is 11.8. The smallest absolute Gasteiger partial charge is 0.257 e. The van der Waals surface area contributed by atoms with E-state index in [2.05, 4.69) is 15.3 Å². The molecule has 0 aliphatic heterocycles. The number of nitrogens with one attached hydrogen (secondary N) is 2. The number of aryl methyl sites for hydroxylation is 1. The number of aromatic nitrogens is 2. The molecular formula is C18H17Cl2N3O2. The zero-order valence-electron chi connectivity index (χ0n) is 13.4. The van der Waals surface area contributed by atoms with Crippen molar-refractivity contribution in [1.29, 1.82) is 0 Å². The molecule has 0 aliphatic carbocycles. The summed E-state index contributed by atoms with van der Waals surface area (Å²) in [5.41, 5.74) is 1.98. The number of amides is 1. The van der Waals surface area contributed by atoms with E-state index in [4.69, 9.17) is 27.9 Å². The Labute approximate surface area is 155 Å². The molecule has 0 atom stereocenters. The number of benzene rings is 2. The van der Waals surface area contributed by atoms with Gasteiger partial charge in [0.05, 0.1) is 16.1 Å². The number of ether oxygens (including phenoxy) is 1. The van der Waals surface area contributed by atoms with Crippen LogP contribution in [0.25, 0.3) is 11.0 Å². The van der Waals surface area contributed by atoms with Crippen molar-refractivity contribution >= 4 is 40.1 Å². The van der Waals surface area contributed by atoms with Crippen molar-refractivity contribution in [1.82, 2.24) is 15.3 Å². The number of nitrogens with zero attached hydrogens (tertiary/aromatic N) is 1. The Hall–Kier alpha value is -2.24. The first-order valence-electron chi connectivity index (χ1n) is 7.90. The van der Waals surface area contributed by atoms with E-state index in [1.54, 1.807) is 18.2 Å². The zero-order valence-corrected chi connectivity index (χ0v) is 14.9. The summed E-state index contributed by atoms with van der Waals surface area (Å²) in [5, 5.41) is 3.71. The lowest BCUT2D eigenvalue weighted by molar-refractivity contribution is -0.123. The molecule has 2 N–H and O–H groups in total. The summed E-state index contributed by atoms with van der Waals surface area (Å²) in [6, 6.07) is 12.8. The number of hydrogen-bond donors (Lipinski definition) is 2. The summed E-state index contributed by atoms with van der Waals surface area (Å²) in [6.07, 6.45) is 1.55. The minimum atomic E-state index is -0.198. The van der Waals surface area contributed by atoms with Crippen LogP contribution in [0.2, 0.25) is 10.0 Å². The van der Waals surface area contributed by atoms with E-state index in [-0.39, 0.29) is 12.5 Å². The molecule has 2 aromatic carbocycles. The first-order valence-corrected chi connectivity index (χ1v) is 8.65. The Morgan fingerprint density at radius 1 is 1.20 bits per heavy atom. The molecule has 1 aromatic heterocycles. The van der Waals surface area contributed by atoms with E-state index in [1.807, 2.05) is 24.3 Å². The van der Waals surface area contributed by atoms with Gasteiger partial charge < -0.3 is 15.0 Å². The van der Waals surface area contributed by atoms with Crippen LogP contribution >= 0.6 is 23.2 Å². The molecule has 0 saturated heterocycles. The van der Waals surface area contributed by atoms with Crippen LogP contribution in [0.1, 0.15) is 12.2 Å². The molecule has 25 heavy (non-hydrogen) atoms. The number of aromatic amines is 1. The number of carbonyl (C=O) groups is 1. The van der Waals surface area contributed by atoms with Gasteiger partial charge in [0, 0.05) is 18.0 Å². The Kier molecular flexibility index (Phi) is 5.79. The van der Waals surface area contributed by atoms with Gasteiger partial charge in [-0.2, -0.15) is 0 Å². The molecule has 0 fully saturated rings. The highest BCUT2D eigenvalue weighted by Crippen LogP contribution is 2.27. The molecule has 1 heterocycles. The van der Waals surface area contributed by atoms with E-state index in [9.17, 15) is 4.79 Å². The van der Waals surface area contributed by atoms with E-state index < -0.39 is 0 Å². The summed E-state index contributed by atoms with van der Waals surface area (Å²) in [5.74, 6) is 1.15. The number of carbonyl (C=O) groups excluding carboxylic acids is 1. The van der Waals surface area contributed by atoms with Gasteiger partial charge in [0.1, 0.15) is 11.6 Å². The SMILES string of the molecule is O=C(COc1ccc(Cl)cc1Cl)NCCCc1nc2ccccc2[nH]1. The average Bonchev–Trinajstić information content (AvgIpc) is 3.01. The fourth-order valence-electron chi connectivity index (χ4n) is 2.39. The second kappa shape index (κ2) is 8.23. The molecule has 0 saturated carbocycles. The van der Waals surface area contributed by atoms with Gasteiger partial charge >= 0.3 is 0 Å². The second-order valence-electron chi connectivity index (χ2n) is 5.52. The molecule has 0 bridgehead atoms. The Morgan fingerprint density at radius 2 is 2.04 bits per heavy atom. The maximum absolute atomic E-state index is 11.8. The monoisotopic (exact) mass is 377 g/mol. The largest absolute Gasteiger partial charge is 0.482 e. The van der Waals surface area contributed by atoms with Crippen molar-refractivity contribution in [2.45, 2.75) is 12.8 Å². The van der Waals surface area contributed by atoms with Gasteiger partial charge in [-0.1, -0.05) is 35.3 Å². The topological polar surface area (TPSA) is 67.0 Å². The number of imidazole rings is 1. The van der Waals surface area contributed by atoms with Crippen LogP contribution in [0.5, 0.6) is 5.75 Å². The quantitative estimate of drug-likeness (QED) is 0.611. The minimum Gasteiger partial charge on any atom is -0.482 e. The Bertz CT molecular complexity index is 847. The van der Waals surface area contributed by atoms with E-state index >= 15 is 0 Å². The fourth-order valence-corrected chi connectivity index (χ4v) is 2.86. The zero-order chi connectivity index (χ0) is 17.6. The van der Waals surface area contributed by atoms with Gasteiger partial charge in [-0.15, -0.1) is 0 Å². The Morgan fingerprint density at radius 3 is 2.84 bits per heavy atom.